The molecule has 0 bridgehead atoms. The molecule has 0 amide bonds. The summed E-state index contributed by atoms with van der Waals surface area (Å²) in [6.07, 6.45) is 11.6. The number of nitrogen functional groups attached to an aromatic ring is 1. The third kappa shape index (κ3) is 4.59. The SMILES string of the molecule is N=C1C=CC=C(Cl)N[C@@]12CCCN(c1cnc(-c3ccc(F)c(F)c3)cc1Cn1cnc3c(N)ncnc31)C2. The number of pyridine rings is 1. The van der Waals surface area contributed by atoms with Crippen LogP contribution >= 0.6 is 11.6 Å². The van der Waals surface area contributed by atoms with Crippen LogP contribution in [0, 0.1) is 17.0 Å². The number of piperidine rings is 1. The molecule has 2 aliphatic heterocycles. The van der Waals surface area contributed by atoms with Crippen molar-refractivity contribution in [1.82, 2.24) is 29.8 Å². The molecule has 198 valence electrons. The number of benzene rings is 1. The van der Waals surface area contributed by atoms with Crippen LogP contribution in [0.25, 0.3) is 22.4 Å². The summed E-state index contributed by atoms with van der Waals surface area (Å²) in [5.41, 5.74) is 9.48. The Kier molecular flexibility index (Phi) is 6.22. The van der Waals surface area contributed by atoms with Gasteiger partial charge in [0.1, 0.15) is 17.0 Å². The summed E-state index contributed by atoms with van der Waals surface area (Å²) in [7, 11) is 0. The van der Waals surface area contributed by atoms with Gasteiger partial charge in [-0.05, 0) is 54.8 Å². The lowest BCUT2D eigenvalue weighted by molar-refractivity contribution is 0.389. The molecule has 1 fully saturated rings. The number of halogens is 3. The molecule has 9 nitrogen and oxygen atoms in total. The van der Waals surface area contributed by atoms with Gasteiger partial charge in [0.2, 0.25) is 0 Å². The monoisotopic (exact) mass is 547 g/mol. The van der Waals surface area contributed by atoms with Gasteiger partial charge in [0, 0.05) is 18.7 Å². The van der Waals surface area contributed by atoms with Crippen LogP contribution in [0.4, 0.5) is 20.3 Å². The quantitative estimate of drug-likeness (QED) is 0.324. The minimum Gasteiger partial charge on any atom is -0.382 e. The third-order valence-electron chi connectivity index (χ3n) is 7.16. The summed E-state index contributed by atoms with van der Waals surface area (Å²) in [6, 6.07) is 5.58. The molecule has 0 radical (unpaired) electrons. The predicted octanol–water partition coefficient (Wildman–Crippen LogP) is 4.40. The lowest BCUT2D eigenvalue weighted by Gasteiger charge is -2.44. The fraction of sp³-hybridized carbons (Fsp3) is 0.222. The van der Waals surface area contributed by atoms with Crippen LogP contribution in [0.5, 0.6) is 0 Å². The molecular formula is C27H24ClF2N9. The van der Waals surface area contributed by atoms with Crippen molar-refractivity contribution in [3.63, 3.8) is 0 Å². The Hall–Kier alpha value is -4.38. The van der Waals surface area contributed by atoms with Gasteiger partial charge in [-0.1, -0.05) is 17.7 Å². The van der Waals surface area contributed by atoms with Gasteiger partial charge in [-0.2, -0.15) is 0 Å². The van der Waals surface area contributed by atoms with Crippen molar-refractivity contribution in [1.29, 1.82) is 5.41 Å². The highest BCUT2D eigenvalue weighted by atomic mass is 35.5. The Balaban J connectivity index is 1.43. The second-order valence-corrected chi connectivity index (χ2v) is 10.1. The third-order valence-corrected chi connectivity index (χ3v) is 7.38. The van der Waals surface area contributed by atoms with Crippen LogP contribution in [0.1, 0.15) is 18.4 Å². The predicted molar refractivity (Wildman–Crippen MR) is 147 cm³/mol. The number of anilines is 2. The maximum absolute atomic E-state index is 14.1. The molecular weight excluding hydrogens is 524 g/mol. The van der Waals surface area contributed by atoms with E-state index in [0.717, 1.165) is 42.8 Å². The first-order valence-electron chi connectivity index (χ1n) is 12.3. The molecule has 2 aliphatic rings. The van der Waals surface area contributed by atoms with E-state index in [2.05, 4.69) is 30.2 Å². The van der Waals surface area contributed by atoms with Gasteiger partial charge in [-0.15, -0.1) is 0 Å². The molecule has 1 aromatic carbocycles. The Labute approximate surface area is 227 Å². The van der Waals surface area contributed by atoms with E-state index in [-0.39, 0.29) is 5.82 Å². The molecule has 1 atom stereocenters. The van der Waals surface area contributed by atoms with Crippen molar-refractivity contribution in [2.24, 2.45) is 0 Å². The molecule has 0 unspecified atom stereocenters. The Morgan fingerprint density at radius 1 is 1.13 bits per heavy atom. The number of allylic oxidation sites excluding steroid dienone is 2. The molecule has 5 heterocycles. The normalized spacial score (nSPS) is 19.3. The summed E-state index contributed by atoms with van der Waals surface area (Å²) < 4.78 is 29.5. The van der Waals surface area contributed by atoms with Crippen LogP contribution in [0.2, 0.25) is 0 Å². The summed E-state index contributed by atoms with van der Waals surface area (Å²) in [6.45, 7) is 1.58. The van der Waals surface area contributed by atoms with Crippen LogP contribution in [-0.2, 0) is 6.54 Å². The number of hydrogen-bond donors (Lipinski definition) is 3. The lowest BCUT2D eigenvalue weighted by Crippen LogP contribution is -2.60. The molecule has 1 saturated heterocycles. The van der Waals surface area contributed by atoms with Gasteiger partial charge < -0.3 is 25.9 Å². The largest absolute Gasteiger partial charge is 0.382 e. The van der Waals surface area contributed by atoms with Crippen LogP contribution in [-0.4, -0.2) is 48.8 Å². The first-order valence-corrected chi connectivity index (χ1v) is 12.7. The average Bonchev–Trinajstić information content (AvgIpc) is 3.28. The van der Waals surface area contributed by atoms with Gasteiger partial charge in [0.15, 0.2) is 23.1 Å². The maximum Gasteiger partial charge on any atom is 0.165 e. The van der Waals surface area contributed by atoms with E-state index in [1.54, 1.807) is 30.8 Å². The van der Waals surface area contributed by atoms with E-state index in [4.69, 9.17) is 22.7 Å². The van der Waals surface area contributed by atoms with Crippen LogP contribution in [0.15, 0.2) is 66.5 Å². The van der Waals surface area contributed by atoms with E-state index in [0.29, 0.717) is 46.4 Å². The Morgan fingerprint density at radius 3 is 2.85 bits per heavy atom. The molecule has 39 heavy (non-hydrogen) atoms. The minimum atomic E-state index is -0.943. The highest BCUT2D eigenvalue weighted by molar-refractivity contribution is 6.29. The zero-order valence-electron chi connectivity index (χ0n) is 20.7. The number of fused-ring (bicyclic) bond motifs is 1. The second kappa shape index (κ2) is 9.73. The number of rotatable bonds is 4. The minimum absolute atomic E-state index is 0.282. The van der Waals surface area contributed by atoms with Crippen molar-refractivity contribution in [2.45, 2.75) is 24.9 Å². The van der Waals surface area contributed by atoms with Crippen LogP contribution in [0.3, 0.4) is 0 Å². The standard InChI is InChI=1S/C27H24ClF2N9/c28-23-4-1-3-22(31)27(37-23)7-2-8-38(13-27)21-11-33-20(16-5-6-18(29)19(30)9-16)10-17(21)12-39-15-36-24-25(32)34-14-35-26(24)39/h1,3-6,9-11,14-15,31,37H,2,7-8,12-13H2,(H2,32,34,35)/t27-/m1/s1. The van der Waals surface area contributed by atoms with Gasteiger partial charge in [0.25, 0.3) is 0 Å². The van der Waals surface area contributed by atoms with E-state index < -0.39 is 17.2 Å². The van der Waals surface area contributed by atoms with E-state index in [1.807, 2.05) is 10.6 Å². The maximum atomic E-state index is 14.1. The highest BCUT2D eigenvalue weighted by Crippen LogP contribution is 2.34. The molecule has 6 rings (SSSR count). The van der Waals surface area contributed by atoms with E-state index >= 15 is 0 Å². The Bertz CT molecular complexity index is 1660. The number of aromatic nitrogens is 5. The van der Waals surface area contributed by atoms with Crippen molar-refractivity contribution >= 4 is 40.0 Å². The lowest BCUT2D eigenvalue weighted by atomic mass is 9.84. The summed E-state index contributed by atoms with van der Waals surface area (Å²) >= 11 is 6.39. The smallest absolute Gasteiger partial charge is 0.165 e. The van der Waals surface area contributed by atoms with Gasteiger partial charge in [-0.3, -0.25) is 4.98 Å². The summed E-state index contributed by atoms with van der Waals surface area (Å²) in [5, 5.41) is 12.6. The van der Waals surface area contributed by atoms with Gasteiger partial charge >= 0.3 is 0 Å². The van der Waals surface area contributed by atoms with Gasteiger partial charge in [0.05, 0.1) is 41.7 Å². The van der Waals surface area contributed by atoms with Crippen molar-refractivity contribution in [3.05, 3.63) is 83.7 Å². The highest BCUT2D eigenvalue weighted by Gasteiger charge is 2.40. The molecule has 1 spiro atoms. The fourth-order valence-electron chi connectivity index (χ4n) is 5.22. The van der Waals surface area contributed by atoms with Crippen molar-refractivity contribution in [3.8, 4) is 11.3 Å². The van der Waals surface area contributed by atoms with E-state index in [1.165, 1.54) is 12.4 Å². The number of nitrogens with zero attached hydrogens (tertiary/aromatic N) is 6. The second-order valence-electron chi connectivity index (χ2n) is 9.65. The van der Waals surface area contributed by atoms with Crippen molar-refractivity contribution in [2.75, 3.05) is 23.7 Å². The first kappa shape index (κ1) is 24.9. The molecule has 4 N–H and O–H groups in total. The number of imidazole rings is 1. The molecule has 0 aliphatic carbocycles. The molecule has 4 aromatic rings. The Morgan fingerprint density at radius 2 is 2.00 bits per heavy atom. The number of hydrogen-bond acceptors (Lipinski definition) is 8. The zero-order chi connectivity index (χ0) is 27.1. The summed E-state index contributed by atoms with van der Waals surface area (Å²) in [4.78, 5) is 19.6. The molecule has 12 heteroatoms. The molecule has 3 aromatic heterocycles. The average molecular weight is 548 g/mol. The van der Waals surface area contributed by atoms with Gasteiger partial charge in [-0.25, -0.2) is 23.7 Å². The fourth-order valence-corrected chi connectivity index (χ4v) is 5.48. The van der Waals surface area contributed by atoms with E-state index in [9.17, 15) is 8.78 Å². The van der Waals surface area contributed by atoms with Crippen LogP contribution < -0.4 is 16.0 Å². The first-order chi connectivity index (χ1) is 18.8. The summed E-state index contributed by atoms with van der Waals surface area (Å²) in [5.74, 6) is -1.58. The molecule has 0 saturated carbocycles. The van der Waals surface area contributed by atoms with Crippen molar-refractivity contribution < 1.29 is 8.78 Å². The number of nitrogens with one attached hydrogen (secondary N) is 2. The number of nitrogens with two attached hydrogens (primary N) is 1. The topological polar surface area (TPSA) is 122 Å². The zero-order valence-corrected chi connectivity index (χ0v) is 21.5.